The Hall–Kier alpha value is -3.55. The van der Waals surface area contributed by atoms with Gasteiger partial charge in [-0.05, 0) is 49.1 Å². The molecule has 32 heavy (non-hydrogen) atoms. The fourth-order valence-electron chi connectivity index (χ4n) is 4.17. The van der Waals surface area contributed by atoms with Crippen molar-refractivity contribution in [3.05, 3.63) is 48.0 Å². The van der Waals surface area contributed by atoms with Gasteiger partial charge < -0.3 is 19.5 Å². The van der Waals surface area contributed by atoms with E-state index in [2.05, 4.69) is 13.8 Å². The van der Waals surface area contributed by atoms with Gasteiger partial charge in [-0.3, -0.25) is 14.5 Å². The lowest BCUT2D eigenvalue weighted by Gasteiger charge is -2.38. The number of nitrogens with zero attached hydrogens (tertiary/aromatic N) is 3. The topological polar surface area (TPSA) is 105 Å². The van der Waals surface area contributed by atoms with Gasteiger partial charge in [0, 0.05) is 6.54 Å². The van der Waals surface area contributed by atoms with Crippen LogP contribution < -0.4 is 4.90 Å². The Labute approximate surface area is 186 Å². The van der Waals surface area contributed by atoms with E-state index < -0.39 is 17.9 Å². The number of benzene rings is 2. The standard InChI is InChI=1S/C24H27N3O5/c1-4-32-23(31)20-21(15-9-10-18(28)19(29)13-15)27-17-8-6-5-7-16(17)25-24(27)26(22(20)30)12-11-14(2)3/h5-10,13-14,20-21,28-29H,4,11-12H2,1-3H3/t20-,21+/m0/s1. The summed E-state index contributed by atoms with van der Waals surface area (Å²) in [6, 6.07) is 11.0. The summed E-state index contributed by atoms with van der Waals surface area (Å²) in [5.74, 6) is -1.97. The van der Waals surface area contributed by atoms with Gasteiger partial charge in [-0.1, -0.05) is 32.0 Å². The van der Waals surface area contributed by atoms with Crippen LogP contribution in [0.5, 0.6) is 11.5 Å². The maximum Gasteiger partial charge on any atom is 0.321 e. The first-order valence-corrected chi connectivity index (χ1v) is 10.8. The molecule has 0 saturated carbocycles. The maximum atomic E-state index is 13.7. The van der Waals surface area contributed by atoms with Crippen molar-refractivity contribution in [2.24, 2.45) is 11.8 Å². The van der Waals surface area contributed by atoms with Gasteiger partial charge in [0.2, 0.25) is 11.9 Å². The number of hydrogen-bond donors (Lipinski definition) is 2. The maximum absolute atomic E-state index is 13.7. The zero-order valence-electron chi connectivity index (χ0n) is 18.4. The van der Waals surface area contributed by atoms with Gasteiger partial charge in [0.25, 0.3) is 0 Å². The van der Waals surface area contributed by atoms with Gasteiger partial charge in [-0.15, -0.1) is 0 Å². The number of esters is 1. The molecule has 0 saturated heterocycles. The summed E-state index contributed by atoms with van der Waals surface area (Å²) in [4.78, 5) is 33.1. The van der Waals surface area contributed by atoms with Crippen molar-refractivity contribution in [2.45, 2.75) is 33.2 Å². The highest BCUT2D eigenvalue weighted by molar-refractivity contribution is 6.08. The van der Waals surface area contributed by atoms with E-state index in [0.717, 1.165) is 11.9 Å². The molecular weight excluding hydrogens is 410 g/mol. The number of amides is 1. The first-order valence-electron chi connectivity index (χ1n) is 10.8. The third-order valence-corrected chi connectivity index (χ3v) is 5.76. The number of carbonyl (C=O) groups is 2. The SMILES string of the molecule is CCOC(=O)[C@@H]1C(=O)N(CCC(C)C)c2nc3ccccc3n2[C@@H]1c1ccc(O)c(O)c1. The number of fused-ring (bicyclic) bond motifs is 3. The van der Waals surface area contributed by atoms with Crippen LogP contribution in [0.3, 0.4) is 0 Å². The molecule has 0 unspecified atom stereocenters. The van der Waals surface area contributed by atoms with Crippen molar-refractivity contribution in [2.75, 3.05) is 18.1 Å². The molecule has 2 atom stereocenters. The zero-order chi connectivity index (χ0) is 23.0. The molecule has 168 valence electrons. The summed E-state index contributed by atoms with van der Waals surface area (Å²) < 4.78 is 7.17. The third kappa shape index (κ3) is 3.66. The van der Waals surface area contributed by atoms with E-state index in [1.165, 1.54) is 12.1 Å². The van der Waals surface area contributed by atoms with Crippen LogP contribution >= 0.6 is 0 Å². The number of carbonyl (C=O) groups excluding carboxylic acids is 2. The average molecular weight is 437 g/mol. The largest absolute Gasteiger partial charge is 0.504 e. The number of imidazole rings is 1. The highest BCUT2D eigenvalue weighted by Gasteiger charge is 2.47. The van der Waals surface area contributed by atoms with Crippen LogP contribution in [0.4, 0.5) is 5.95 Å². The molecule has 2 aromatic carbocycles. The Morgan fingerprint density at radius 3 is 2.59 bits per heavy atom. The lowest BCUT2D eigenvalue weighted by molar-refractivity contribution is -0.153. The second kappa shape index (κ2) is 8.53. The van der Waals surface area contributed by atoms with Crippen LogP contribution in [0.15, 0.2) is 42.5 Å². The summed E-state index contributed by atoms with van der Waals surface area (Å²) in [6.07, 6.45) is 0.745. The lowest BCUT2D eigenvalue weighted by atomic mass is 9.89. The second-order valence-corrected chi connectivity index (χ2v) is 8.37. The summed E-state index contributed by atoms with van der Waals surface area (Å²) in [5.41, 5.74) is 1.96. The van der Waals surface area contributed by atoms with Crippen LogP contribution in [-0.2, 0) is 14.3 Å². The monoisotopic (exact) mass is 437 g/mol. The Morgan fingerprint density at radius 1 is 1.16 bits per heavy atom. The average Bonchev–Trinajstić information content (AvgIpc) is 3.13. The molecule has 2 heterocycles. The van der Waals surface area contributed by atoms with Gasteiger partial charge >= 0.3 is 5.97 Å². The number of phenols is 2. The van der Waals surface area contributed by atoms with E-state index in [9.17, 15) is 19.8 Å². The third-order valence-electron chi connectivity index (χ3n) is 5.76. The van der Waals surface area contributed by atoms with E-state index in [1.807, 2.05) is 28.8 Å². The molecule has 1 aromatic heterocycles. The van der Waals surface area contributed by atoms with Crippen molar-refractivity contribution < 1.29 is 24.5 Å². The molecule has 0 spiro atoms. The van der Waals surface area contributed by atoms with E-state index in [0.29, 0.717) is 29.5 Å². The van der Waals surface area contributed by atoms with Crippen LogP contribution in [0.1, 0.15) is 38.8 Å². The summed E-state index contributed by atoms with van der Waals surface area (Å²) in [5, 5.41) is 20.0. The molecule has 8 nitrogen and oxygen atoms in total. The molecule has 1 aliphatic heterocycles. The Morgan fingerprint density at radius 2 is 1.91 bits per heavy atom. The van der Waals surface area contributed by atoms with Crippen molar-refractivity contribution in [3.8, 4) is 11.5 Å². The van der Waals surface area contributed by atoms with E-state index in [4.69, 9.17) is 9.72 Å². The molecular formula is C24H27N3O5. The number of para-hydroxylation sites is 2. The molecule has 0 aliphatic carbocycles. The number of phenolic OH excluding ortho intramolecular Hbond substituents is 2. The lowest BCUT2D eigenvalue weighted by Crippen LogP contribution is -2.50. The van der Waals surface area contributed by atoms with E-state index in [1.54, 1.807) is 17.9 Å². The van der Waals surface area contributed by atoms with Crippen molar-refractivity contribution in [3.63, 3.8) is 0 Å². The van der Waals surface area contributed by atoms with Gasteiger partial charge in [0.05, 0.1) is 23.7 Å². The second-order valence-electron chi connectivity index (χ2n) is 8.37. The zero-order valence-corrected chi connectivity index (χ0v) is 18.4. The molecule has 0 radical (unpaired) electrons. The van der Waals surface area contributed by atoms with Gasteiger partial charge in [-0.2, -0.15) is 0 Å². The minimum Gasteiger partial charge on any atom is -0.504 e. The van der Waals surface area contributed by atoms with E-state index in [-0.39, 0.29) is 24.0 Å². The minimum absolute atomic E-state index is 0.139. The number of rotatable bonds is 6. The van der Waals surface area contributed by atoms with Crippen molar-refractivity contribution in [1.82, 2.24) is 9.55 Å². The molecule has 1 aliphatic rings. The Bertz CT molecular complexity index is 1170. The van der Waals surface area contributed by atoms with E-state index >= 15 is 0 Å². The summed E-state index contributed by atoms with van der Waals surface area (Å²) in [7, 11) is 0. The van der Waals surface area contributed by atoms with Crippen LogP contribution in [0.25, 0.3) is 11.0 Å². The molecule has 8 heteroatoms. The number of aromatic hydroxyl groups is 2. The fourth-order valence-corrected chi connectivity index (χ4v) is 4.17. The predicted molar refractivity (Wildman–Crippen MR) is 120 cm³/mol. The molecule has 1 amide bonds. The minimum atomic E-state index is -1.16. The Balaban J connectivity index is 1.97. The summed E-state index contributed by atoms with van der Waals surface area (Å²) >= 11 is 0. The first-order chi connectivity index (χ1) is 15.3. The van der Waals surface area contributed by atoms with Crippen LogP contribution in [-0.4, -0.2) is 44.8 Å². The molecule has 3 aromatic rings. The first kappa shape index (κ1) is 21.7. The number of aromatic nitrogens is 2. The van der Waals surface area contributed by atoms with Crippen molar-refractivity contribution in [1.29, 1.82) is 0 Å². The smallest absolute Gasteiger partial charge is 0.321 e. The molecule has 4 rings (SSSR count). The normalized spacial score (nSPS) is 18.2. The Kier molecular flexibility index (Phi) is 5.78. The number of hydrogen-bond acceptors (Lipinski definition) is 6. The molecule has 0 fully saturated rings. The summed E-state index contributed by atoms with van der Waals surface area (Å²) in [6.45, 7) is 6.40. The predicted octanol–water partition coefficient (Wildman–Crippen LogP) is 3.61. The highest BCUT2D eigenvalue weighted by atomic mass is 16.5. The molecule has 0 bridgehead atoms. The van der Waals surface area contributed by atoms with Gasteiger partial charge in [0.1, 0.15) is 0 Å². The number of anilines is 1. The van der Waals surface area contributed by atoms with Crippen LogP contribution in [0, 0.1) is 11.8 Å². The van der Waals surface area contributed by atoms with Gasteiger partial charge in [0.15, 0.2) is 17.4 Å². The van der Waals surface area contributed by atoms with Crippen molar-refractivity contribution >= 4 is 28.9 Å². The highest BCUT2D eigenvalue weighted by Crippen LogP contribution is 2.43. The fraction of sp³-hybridized carbons (Fsp3) is 0.375. The number of ether oxygens (including phenoxy) is 1. The molecule has 2 N–H and O–H groups in total. The van der Waals surface area contributed by atoms with Crippen LogP contribution in [0.2, 0.25) is 0 Å². The quantitative estimate of drug-likeness (QED) is 0.347. The van der Waals surface area contributed by atoms with Gasteiger partial charge in [-0.25, -0.2) is 4.98 Å².